The summed E-state index contributed by atoms with van der Waals surface area (Å²) in [7, 11) is 0. The molecule has 25 heavy (non-hydrogen) atoms. The zero-order valence-electron chi connectivity index (χ0n) is 13.8. The van der Waals surface area contributed by atoms with Gasteiger partial charge in [0.25, 0.3) is 11.6 Å². The second-order valence-corrected chi connectivity index (χ2v) is 6.05. The fourth-order valence-electron chi connectivity index (χ4n) is 3.39. The summed E-state index contributed by atoms with van der Waals surface area (Å²) >= 11 is 0. The molecule has 0 unspecified atom stereocenters. The van der Waals surface area contributed by atoms with Crippen LogP contribution in [-0.4, -0.2) is 55.6 Å². The highest BCUT2D eigenvalue weighted by molar-refractivity contribution is 6.12. The number of benzene rings is 1. The first-order valence-corrected chi connectivity index (χ1v) is 8.23. The highest BCUT2D eigenvalue weighted by Gasteiger charge is 2.53. The number of guanidine groups is 2. The average molecular weight is 340 g/mol. The summed E-state index contributed by atoms with van der Waals surface area (Å²) in [5.41, 5.74) is 6.18. The Balaban J connectivity index is 1.83. The number of para-hydroxylation sites is 1. The van der Waals surface area contributed by atoms with Crippen molar-refractivity contribution in [3.05, 3.63) is 42.5 Å². The van der Waals surface area contributed by atoms with Gasteiger partial charge in [-0.3, -0.25) is 10.1 Å². The van der Waals surface area contributed by atoms with Crippen molar-refractivity contribution in [2.24, 2.45) is 15.7 Å². The predicted octanol–water partition coefficient (Wildman–Crippen LogP) is -0.0219. The molecule has 0 aliphatic carbocycles. The van der Waals surface area contributed by atoms with Crippen LogP contribution in [0.1, 0.15) is 5.56 Å². The molecule has 1 aromatic rings. The molecule has 3 N–H and O–H groups in total. The van der Waals surface area contributed by atoms with Gasteiger partial charge in [0.1, 0.15) is 0 Å². The van der Waals surface area contributed by atoms with E-state index in [0.29, 0.717) is 38.8 Å². The lowest BCUT2D eigenvalue weighted by molar-refractivity contribution is -0.122. The third kappa shape index (κ3) is 2.37. The zero-order valence-corrected chi connectivity index (χ0v) is 13.8. The molecule has 1 amide bonds. The van der Waals surface area contributed by atoms with Crippen LogP contribution in [0.4, 0.5) is 5.69 Å². The molecular weight excluding hydrogens is 320 g/mol. The Labute approximate surface area is 145 Å². The molecule has 0 aromatic heterocycles. The molecule has 1 aromatic carbocycles. The third-order valence-electron chi connectivity index (χ3n) is 4.53. The number of nitrogens with one attached hydrogen (secondary N) is 1. The van der Waals surface area contributed by atoms with Gasteiger partial charge in [-0.2, -0.15) is 0 Å². The van der Waals surface area contributed by atoms with Crippen LogP contribution in [0.3, 0.4) is 0 Å². The first kappa shape index (κ1) is 15.6. The maximum atomic E-state index is 13.2. The zero-order chi connectivity index (χ0) is 17.4. The van der Waals surface area contributed by atoms with E-state index >= 15 is 0 Å². The number of aliphatic imine (C=N–C) groups is 2. The van der Waals surface area contributed by atoms with E-state index in [-0.39, 0.29) is 11.9 Å². The van der Waals surface area contributed by atoms with Gasteiger partial charge < -0.3 is 20.3 Å². The van der Waals surface area contributed by atoms with Crippen molar-refractivity contribution >= 4 is 23.5 Å². The van der Waals surface area contributed by atoms with E-state index in [1.165, 1.54) is 0 Å². The topological polar surface area (TPSA) is 95.5 Å². The van der Waals surface area contributed by atoms with Gasteiger partial charge in [-0.15, -0.1) is 6.58 Å². The van der Waals surface area contributed by atoms with Crippen LogP contribution in [-0.2, 0) is 15.2 Å². The van der Waals surface area contributed by atoms with Gasteiger partial charge >= 0.3 is 0 Å². The van der Waals surface area contributed by atoms with Crippen LogP contribution >= 0.6 is 0 Å². The van der Waals surface area contributed by atoms with E-state index in [0.717, 1.165) is 11.3 Å². The van der Waals surface area contributed by atoms with Crippen molar-refractivity contribution < 1.29 is 9.53 Å². The number of morpholine rings is 1. The van der Waals surface area contributed by atoms with E-state index < -0.39 is 5.66 Å². The van der Waals surface area contributed by atoms with Crippen molar-refractivity contribution in [3.8, 4) is 0 Å². The smallest absolute Gasteiger partial charge is 0.282 e. The average Bonchev–Trinajstić information content (AvgIpc) is 2.85. The molecule has 3 heterocycles. The van der Waals surface area contributed by atoms with Crippen LogP contribution in [0.5, 0.6) is 0 Å². The van der Waals surface area contributed by atoms with Crippen LogP contribution in [0.15, 0.2) is 46.9 Å². The van der Waals surface area contributed by atoms with Gasteiger partial charge in [-0.25, -0.2) is 9.98 Å². The summed E-state index contributed by atoms with van der Waals surface area (Å²) in [6.07, 6.45) is 1.69. The van der Waals surface area contributed by atoms with Crippen LogP contribution in [0.25, 0.3) is 0 Å². The van der Waals surface area contributed by atoms with Gasteiger partial charge in [0.15, 0.2) is 5.96 Å². The Bertz CT molecular complexity index is 783. The summed E-state index contributed by atoms with van der Waals surface area (Å²) in [5.74, 6) is 0.517. The summed E-state index contributed by atoms with van der Waals surface area (Å²) in [6.45, 7) is 6.72. The lowest BCUT2D eigenvalue weighted by atomic mass is 10.0. The number of ether oxygens (including phenoxy) is 1. The number of hydrogen-bond acceptors (Lipinski definition) is 7. The summed E-state index contributed by atoms with van der Waals surface area (Å²) in [5, 5.41) is 2.99. The van der Waals surface area contributed by atoms with E-state index in [2.05, 4.69) is 16.9 Å². The molecular formula is C17H20N6O2. The van der Waals surface area contributed by atoms with E-state index in [4.69, 9.17) is 15.5 Å². The van der Waals surface area contributed by atoms with Crippen molar-refractivity contribution in [1.82, 2.24) is 10.2 Å². The van der Waals surface area contributed by atoms with Crippen LogP contribution in [0, 0.1) is 0 Å². The highest BCUT2D eigenvalue weighted by Crippen LogP contribution is 2.44. The van der Waals surface area contributed by atoms with Crippen molar-refractivity contribution in [1.29, 1.82) is 0 Å². The molecule has 4 rings (SSSR count). The first-order chi connectivity index (χ1) is 12.2. The number of carbonyl (C=O) groups is 1. The molecule has 1 saturated heterocycles. The fraction of sp³-hybridized carbons (Fsp3) is 0.353. The van der Waals surface area contributed by atoms with Crippen molar-refractivity contribution in [2.75, 3.05) is 37.7 Å². The number of anilines is 1. The van der Waals surface area contributed by atoms with Gasteiger partial charge in [-0.05, 0) is 6.07 Å². The minimum Gasteiger partial charge on any atom is -0.378 e. The minimum atomic E-state index is -1.37. The van der Waals surface area contributed by atoms with Gasteiger partial charge in [0.05, 0.1) is 18.9 Å². The molecule has 1 atom stereocenters. The van der Waals surface area contributed by atoms with Gasteiger partial charge in [0, 0.05) is 25.2 Å². The maximum Gasteiger partial charge on any atom is 0.282 e. The summed E-state index contributed by atoms with van der Waals surface area (Å²) in [4.78, 5) is 26.1. The van der Waals surface area contributed by atoms with E-state index in [1.54, 1.807) is 11.0 Å². The minimum absolute atomic E-state index is 0.181. The SMILES string of the molecule is C=CCN1C(=O)[C@]2(N=C(N)NC(N3CCOCC3)=N2)c2ccccc21. The molecule has 130 valence electrons. The van der Waals surface area contributed by atoms with Crippen LogP contribution < -0.4 is 16.0 Å². The van der Waals surface area contributed by atoms with E-state index in [9.17, 15) is 4.79 Å². The lowest BCUT2D eigenvalue weighted by Crippen LogP contribution is -2.56. The Morgan fingerprint density at radius 1 is 1.32 bits per heavy atom. The molecule has 3 aliphatic heterocycles. The molecule has 1 spiro atoms. The largest absolute Gasteiger partial charge is 0.378 e. The molecule has 0 bridgehead atoms. The second kappa shape index (κ2) is 5.89. The maximum absolute atomic E-state index is 13.2. The molecule has 8 nitrogen and oxygen atoms in total. The van der Waals surface area contributed by atoms with Gasteiger partial charge in [-0.1, -0.05) is 24.3 Å². The number of hydrogen-bond donors (Lipinski definition) is 2. The Morgan fingerprint density at radius 3 is 2.84 bits per heavy atom. The van der Waals surface area contributed by atoms with Crippen molar-refractivity contribution in [2.45, 2.75) is 5.66 Å². The Kier molecular flexibility index (Phi) is 3.69. The van der Waals surface area contributed by atoms with E-state index in [1.807, 2.05) is 29.2 Å². The third-order valence-corrected chi connectivity index (χ3v) is 4.53. The number of rotatable bonds is 2. The number of carbonyl (C=O) groups excluding carboxylic acids is 1. The Hall–Kier alpha value is -2.87. The summed E-state index contributed by atoms with van der Waals surface area (Å²) < 4.78 is 5.39. The lowest BCUT2D eigenvalue weighted by Gasteiger charge is -2.34. The molecule has 1 fully saturated rings. The standard InChI is InChI=1S/C17H20N6O2/c1-2-7-23-13-6-4-3-5-12(13)17(14(23)24)20-15(18)19-16(21-17)22-8-10-25-11-9-22/h2-6H,1,7-11H2,(H3,18,19,20,21)/t17-/m0/s1. The quantitative estimate of drug-likeness (QED) is 0.738. The highest BCUT2D eigenvalue weighted by atomic mass is 16.5. The number of nitrogens with zero attached hydrogens (tertiary/aromatic N) is 4. The normalized spacial score (nSPS) is 25.4. The number of nitrogens with two attached hydrogens (primary N) is 1. The monoisotopic (exact) mass is 340 g/mol. The second-order valence-electron chi connectivity index (χ2n) is 6.05. The predicted molar refractivity (Wildman–Crippen MR) is 95.3 cm³/mol. The first-order valence-electron chi connectivity index (χ1n) is 8.23. The molecule has 0 radical (unpaired) electrons. The van der Waals surface area contributed by atoms with Crippen molar-refractivity contribution in [3.63, 3.8) is 0 Å². The number of amides is 1. The van der Waals surface area contributed by atoms with Crippen LogP contribution in [0.2, 0.25) is 0 Å². The van der Waals surface area contributed by atoms with Gasteiger partial charge in [0.2, 0.25) is 5.96 Å². The Morgan fingerprint density at radius 2 is 2.08 bits per heavy atom. The molecule has 0 saturated carbocycles. The fourth-order valence-corrected chi connectivity index (χ4v) is 3.39. The molecule has 3 aliphatic rings. The number of fused-ring (bicyclic) bond motifs is 2. The molecule has 8 heteroatoms. The summed E-state index contributed by atoms with van der Waals surface area (Å²) in [6, 6.07) is 7.53.